The molecule has 0 saturated carbocycles. The third-order valence-corrected chi connectivity index (χ3v) is 3.19. The van der Waals surface area contributed by atoms with Gasteiger partial charge in [-0.15, -0.1) is 0 Å². The van der Waals surface area contributed by atoms with Crippen molar-refractivity contribution >= 4 is 23.0 Å². The van der Waals surface area contributed by atoms with E-state index in [9.17, 15) is 0 Å². The zero-order valence-electron chi connectivity index (χ0n) is 12.7. The Kier molecular flexibility index (Phi) is 6.03. The first kappa shape index (κ1) is 16.1. The highest BCUT2D eigenvalue weighted by molar-refractivity contribution is 7.80. The lowest BCUT2D eigenvalue weighted by molar-refractivity contribution is 0.270. The van der Waals surface area contributed by atoms with Crippen LogP contribution < -0.4 is 20.1 Å². The van der Waals surface area contributed by atoms with Crippen molar-refractivity contribution in [3.8, 4) is 11.5 Å². The number of hydrogen-bond acceptors (Lipinski definition) is 3. The molecule has 0 radical (unpaired) electrons. The third-order valence-electron chi connectivity index (χ3n) is 2.97. The van der Waals surface area contributed by atoms with Crippen LogP contribution in [0.1, 0.15) is 6.92 Å². The van der Waals surface area contributed by atoms with E-state index in [1.54, 1.807) is 7.11 Å². The Balaban J connectivity index is 1.80. The van der Waals surface area contributed by atoms with Crippen molar-refractivity contribution in [2.75, 3.05) is 19.0 Å². The molecule has 2 aromatic carbocycles. The molecule has 22 heavy (non-hydrogen) atoms. The second kappa shape index (κ2) is 8.24. The van der Waals surface area contributed by atoms with Crippen LogP contribution in [-0.2, 0) is 0 Å². The summed E-state index contributed by atoms with van der Waals surface area (Å²) in [5.41, 5.74) is 0.956. The minimum absolute atomic E-state index is 0.0635. The Morgan fingerprint density at radius 1 is 1.05 bits per heavy atom. The number of hydrogen-bond donors (Lipinski definition) is 2. The van der Waals surface area contributed by atoms with Crippen LogP contribution >= 0.6 is 12.2 Å². The summed E-state index contributed by atoms with van der Waals surface area (Å²) in [7, 11) is 1.63. The molecule has 2 aromatic rings. The lowest BCUT2D eigenvalue weighted by Gasteiger charge is -2.18. The van der Waals surface area contributed by atoms with Gasteiger partial charge in [-0.2, -0.15) is 0 Å². The topological polar surface area (TPSA) is 42.5 Å². The maximum atomic E-state index is 5.77. The molecule has 0 fully saturated rings. The van der Waals surface area contributed by atoms with Crippen molar-refractivity contribution in [2.45, 2.75) is 13.0 Å². The molecule has 0 aromatic heterocycles. The highest BCUT2D eigenvalue weighted by atomic mass is 32.1. The Hall–Kier alpha value is -2.27. The van der Waals surface area contributed by atoms with Crippen LogP contribution in [0.5, 0.6) is 11.5 Å². The zero-order valence-corrected chi connectivity index (χ0v) is 13.5. The molecule has 0 spiro atoms. The van der Waals surface area contributed by atoms with Gasteiger partial charge in [-0.05, 0) is 43.4 Å². The van der Waals surface area contributed by atoms with Gasteiger partial charge in [-0.1, -0.05) is 30.3 Å². The number of para-hydroxylation sites is 3. The molecule has 0 heterocycles. The maximum Gasteiger partial charge on any atom is 0.171 e. The molecule has 116 valence electrons. The fourth-order valence-corrected chi connectivity index (χ4v) is 2.23. The van der Waals surface area contributed by atoms with Gasteiger partial charge >= 0.3 is 0 Å². The molecule has 0 bridgehead atoms. The van der Waals surface area contributed by atoms with E-state index >= 15 is 0 Å². The van der Waals surface area contributed by atoms with Crippen molar-refractivity contribution in [2.24, 2.45) is 0 Å². The summed E-state index contributed by atoms with van der Waals surface area (Å²) in [6.07, 6.45) is 0. The van der Waals surface area contributed by atoms with Gasteiger partial charge in [0.15, 0.2) is 16.6 Å². The molecule has 2 N–H and O–H groups in total. The van der Waals surface area contributed by atoms with Crippen molar-refractivity contribution < 1.29 is 9.47 Å². The quantitative estimate of drug-likeness (QED) is 0.799. The average molecular weight is 316 g/mol. The van der Waals surface area contributed by atoms with E-state index in [0.29, 0.717) is 11.7 Å². The molecule has 1 atom stereocenters. The van der Waals surface area contributed by atoms with E-state index in [-0.39, 0.29) is 6.04 Å². The van der Waals surface area contributed by atoms with Gasteiger partial charge in [0.05, 0.1) is 13.2 Å². The molecule has 0 unspecified atom stereocenters. The Labute approximate surface area is 136 Å². The Morgan fingerprint density at radius 2 is 1.68 bits per heavy atom. The monoisotopic (exact) mass is 316 g/mol. The number of benzene rings is 2. The summed E-state index contributed by atoms with van der Waals surface area (Å²) in [5.74, 6) is 1.44. The van der Waals surface area contributed by atoms with Crippen LogP contribution in [0.4, 0.5) is 5.69 Å². The van der Waals surface area contributed by atoms with Gasteiger partial charge in [0.2, 0.25) is 0 Å². The molecular formula is C17H20N2O2S. The van der Waals surface area contributed by atoms with Crippen LogP contribution in [-0.4, -0.2) is 24.9 Å². The predicted octanol–water partition coefficient (Wildman–Crippen LogP) is 3.45. The normalized spacial score (nSPS) is 11.4. The summed E-state index contributed by atoms with van der Waals surface area (Å²) >= 11 is 5.29. The second-order valence-corrected chi connectivity index (χ2v) is 5.24. The van der Waals surface area contributed by atoms with E-state index in [2.05, 4.69) is 10.6 Å². The second-order valence-electron chi connectivity index (χ2n) is 4.83. The van der Waals surface area contributed by atoms with E-state index in [0.717, 1.165) is 17.2 Å². The first-order valence-corrected chi connectivity index (χ1v) is 7.48. The summed E-state index contributed by atoms with van der Waals surface area (Å²) in [6, 6.07) is 17.4. The lowest BCUT2D eigenvalue weighted by atomic mass is 10.3. The minimum atomic E-state index is 0.0635. The summed E-state index contributed by atoms with van der Waals surface area (Å²) in [4.78, 5) is 0. The standard InChI is InChI=1S/C17H20N2O2S/c1-13(12-21-16-11-7-6-10-15(16)20-2)18-17(22)19-14-8-4-3-5-9-14/h3-11,13H,12H2,1-2H3,(H2,18,19,22)/t13-/m1/s1. The lowest BCUT2D eigenvalue weighted by Crippen LogP contribution is -2.39. The van der Waals surface area contributed by atoms with Gasteiger partial charge in [0, 0.05) is 5.69 Å². The van der Waals surface area contributed by atoms with Crippen LogP contribution in [0, 0.1) is 0 Å². The van der Waals surface area contributed by atoms with Crippen LogP contribution in [0.2, 0.25) is 0 Å². The molecular weight excluding hydrogens is 296 g/mol. The van der Waals surface area contributed by atoms with Gasteiger partial charge < -0.3 is 20.1 Å². The van der Waals surface area contributed by atoms with Crippen LogP contribution in [0.25, 0.3) is 0 Å². The van der Waals surface area contributed by atoms with Crippen LogP contribution in [0.3, 0.4) is 0 Å². The van der Waals surface area contributed by atoms with E-state index in [1.165, 1.54) is 0 Å². The van der Waals surface area contributed by atoms with E-state index in [4.69, 9.17) is 21.7 Å². The average Bonchev–Trinajstić information content (AvgIpc) is 2.54. The molecule has 0 aliphatic carbocycles. The van der Waals surface area contributed by atoms with Gasteiger partial charge in [0.25, 0.3) is 0 Å². The fourth-order valence-electron chi connectivity index (χ4n) is 1.91. The van der Waals surface area contributed by atoms with E-state index in [1.807, 2.05) is 61.5 Å². The summed E-state index contributed by atoms with van der Waals surface area (Å²) in [5, 5.41) is 6.90. The molecule has 2 rings (SSSR count). The maximum absolute atomic E-state index is 5.77. The van der Waals surface area contributed by atoms with Crippen LogP contribution in [0.15, 0.2) is 54.6 Å². The van der Waals surface area contributed by atoms with Crippen molar-refractivity contribution in [1.82, 2.24) is 5.32 Å². The molecule has 4 nitrogen and oxygen atoms in total. The zero-order chi connectivity index (χ0) is 15.8. The number of rotatable bonds is 6. The van der Waals surface area contributed by atoms with Crippen molar-refractivity contribution in [3.05, 3.63) is 54.6 Å². The van der Waals surface area contributed by atoms with Gasteiger partial charge in [0.1, 0.15) is 6.61 Å². The summed E-state index contributed by atoms with van der Waals surface area (Å²) < 4.78 is 11.0. The smallest absolute Gasteiger partial charge is 0.171 e. The Morgan fingerprint density at radius 3 is 2.36 bits per heavy atom. The molecule has 0 saturated heterocycles. The minimum Gasteiger partial charge on any atom is -0.493 e. The molecule has 0 aliphatic rings. The van der Waals surface area contributed by atoms with E-state index < -0.39 is 0 Å². The molecule has 5 heteroatoms. The van der Waals surface area contributed by atoms with Crippen molar-refractivity contribution in [3.63, 3.8) is 0 Å². The fraction of sp³-hybridized carbons (Fsp3) is 0.235. The predicted molar refractivity (Wildman–Crippen MR) is 93.7 cm³/mol. The van der Waals surface area contributed by atoms with Gasteiger partial charge in [-0.3, -0.25) is 0 Å². The van der Waals surface area contributed by atoms with Gasteiger partial charge in [-0.25, -0.2) is 0 Å². The van der Waals surface area contributed by atoms with Crippen molar-refractivity contribution in [1.29, 1.82) is 0 Å². The third kappa shape index (κ3) is 4.93. The highest BCUT2D eigenvalue weighted by Crippen LogP contribution is 2.25. The number of ether oxygens (including phenoxy) is 2. The molecule has 0 amide bonds. The Bertz CT molecular complexity index is 605. The summed E-state index contributed by atoms with van der Waals surface area (Å²) in [6.45, 7) is 2.49. The number of methoxy groups -OCH3 is 1. The number of anilines is 1. The first-order valence-electron chi connectivity index (χ1n) is 7.07. The largest absolute Gasteiger partial charge is 0.493 e. The number of thiocarbonyl (C=S) groups is 1. The molecule has 0 aliphatic heterocycles. The highest BCUT2D eigenvalue weighted by Gasteiger charge is 2.08. The first-order chi connectivity index (χ1) is 10.7. The SMILES string of the molecule is COc1ccccc1OC[C@@H](C)NC(=S)Nc1ccccc1. The number of nitrogens with one attached hydrogen (secondary N) is 2.